The number of unbranched alkanes of at least 4 members (excludes halogenated alkanes) is 1. The third kappa shape index (κ3) is 41.9. The number of carbonyl (C=O) groups is 1. The quantitative estimate of drug-likeness (QED) is 0.0208. The van der Waals surface area contributed by atoms with Crippen LogP contribution in [0.25, 0.3) is 0 Å². The van der Waals surface area contributed by atoms with E-state index in [0.717, 1.165) is 77.0 Å². The minimum Gasteiger partial charge on any atom is -0.756 e. The molecule has 9 heteroatoms. The smallest absolute Gasteiger partial charge is 0.306 e. The monoisotopic (exact) mass is 784 g/mol. The molecule has 0 bridgehead atoms. The van der Waals surface area contributed by atoms with E-state index in [1.54, 1.807) is 0 Å². The van der Waals surface area contributed by atoms with Crippen LogP contribution in [0.15, 0.2) is 122 Å². The maximum absolute atomic E-state index is 12.6. The van der Waals surface area contributed by atoms with Crippen molar-refractivity contribution in [1.82, 2.24) is 0 Å². The number of hydrogen-bond donors (Lipinski definition) is 0. The molecule has 55 heavy (non-hydrogen) atoms. The van der Waals surface area contributed by atoms with Crippen LogP contribution in [0.2, 0.25) is 0 Å². The third-order valence-electron chi connectivity index (χ3n) is 7.52. The summed E-state index contributed by atoms with van der Waals surface area (Å²) in [7, 11) is 1.25. The molecular weight excluding hydrogens is 709 g/mol. The molecule has 0 aromatic heterocycles. The van der Waals surface area contributed by atoms with E-state index < -0.39 is 19.9 Å². The van der Waals surface area contributed by atoms with Gasteiger partial charge < -0.3 is 27.9 Å². The molecule has 0 amide bonds. The van der Waals surface area contributed by atoms with Crippen molar-refractivity contribution in [3.63, 3.8) is 0 Å². The highest BCUT2D eigenvalue weighted by molar-refractivity contribution is 7.45. The standard InChI is InChI=1S/C46H74NO7P/c1-6-8-10-12-14-16-18-20-21-22-23-24-25-26-28-30-32-34-36-38-41-51-43-45(44-53-55(49,50)52-42-40-47(3,4)5)54-46(48)39-37-35-33-31-29-27-19-17-15-13-11-9-7-2/h8-11,14-17,20-21,23-24,26-29,32-35,45H,6-7,12-13,18-19,22,25,30-31,36-44H2,1-5H3/b10-8-,11-9-,16-14-,17-15-,21-20-,24-23-,28-26-,29-27-,34-32-,35-33-. The van der Waals surface area contributed by atoms with Crippen molar-refractivity contribution >= 4 is 13.8 Å². The Bertz CT molecular complexity index is 1280. The Morgan fingerprint density at radius 3 is 1.38 bits per heavy atom. The molecule has 0 spiro atoms. The van der Waals surface area contributed by atoms with Crippen molar-refractivity contribution < 1.29 is 37.3 Å². The van der Waals surface area contributed by atoms with Crippen molar-refractivity contribution in [2.45, 2.75) is 110 Å². The van der Waals surface area contributed by atoms with Crippen LogP contribution in [0, 0.1) is 0 Å². The number of carbonyl (C=O) groups excluding carboxylic acids is 1. The molecule has 0 aromatic carbocycles. The van der Waals surface area contributed by atoms with Gasteiger partial charge in [-0.25, -0.2) is 0 Å². The van der Waals surface area contributed by atoms with E-state index in [1.807, 2.05) is 33.3 Å². The van der Waals surface area contributed by atoms with Crippen LogP contribution in [0.1, 0.15) is 104 Å². The predicted octanol–water partition coefficient (Wildman–Crippen LogP) is 11.2. The molecule has 0 saturated heterocycles. The van der Waals surface area contributed by atoms with Gasteiger partial charge in [-0.15, -0.1) is 0 Å². The Kier molecular flexibility index (Phi) is 35.7. The molecule has 310 valence electrons. The van der Waals surface area contributed by atoms with Crippen LogP contribution in [0.5, 0.6) is 0 Å². The van der Waals surface area contributed by atoms with E-state index in [2.05, 4.69) is 123 Å². The normalized spacial score (nSPS) is 15.1. The van der Waals surface area contributed by atoms with Crippen molar-refractivity contribution in [2.24, 2.45) is 0 Å². The Labute approximate surface area is 335 Å². The molecule has 0 fully saturated rings. The summed E-state index contributed by atoms with van der Waals surface area (Å²) >= 11 is 0. The fraction of sp³-hybridized carbons (Fsp3) is 0.543. The number of likely N-dealkylation sites (N-methyl/N-ethyl adjacent to an activating group) is 1. The van der Waals surface area contributed by atoms with Gasteiger partial charge in [-0.2, -0.15) is 0 Å². The molecule has 0 radical (unpaired) electrons. The fourth-order valence-corrected chi connectivity index (χ4v) is 5.18. The zero-order valence-electron chi connectivity index (χ0n) is 34.8. The first-order valence-corrected chi connectivity index (χ1v) is 21.7. The number of hydrogen-bond acceptors (Lipinski definition) is 7. The average molecular weight is 784 g/mol. The number of allylic oxidation sites excluding steroid dienone is 20. The SMILES string of the molecule is CC/C=C\C/C=C\C/C=C\C/C=C\C/C=C\C/C=C\CCCOCC(COP(=O)([O-])OCC[N+](C)(C)C)OC(=O)CC/C=C\C/C=C\C/C=C\C/C=C\CC. The van der Waals surface area contributed by atoms with Gasteiger partial charge in [-0.3, -0.25) is 9.36 Å². The third-order valence-corrected chi connectivity index (χ3v) is 8.49. The van der Waals surface area contributed by atoms with Gasteiger partial charge in [0.1, 0.15) is 19.3 Å². The topological polar surface area (TPSA) is 94.1 Å². The van der Waals surface area contributed by atoms with Gasteiger partial charge in [0.25, 0.3) is 7.82 Å². The molecule has 2 unspecified atom stereocenters. The van der Waals surface area contributed by atoms with Crippen LogP contribution in [-0.2, 0) is 27.9 Å². The molecule has 0 aliphatic heterocycles. The van der Waals surface area contributed by atoms with Gasteiger partial charge >= 0.3 is 5.97 Å². The maximum Gasteiger partial charge on any atom is 0.306 e. The second-order valence-corrected chi connectivity index (χ2v) is 15.3. The summed E-state index contributed by atoms with van der Waals surface area (Å²) in [4.78, 5) is 24.9. The summed E-state index contributed by atoms with van der Waals surface area (Å²) < 4.78 is 34.3. The second kappa shape index (κ2) is 37.8. The predicted molar refractivity (Wildman–Crippen MR) is 230 cm³/mol. The molecule has 0 N–H and O–H groups in total. The molecule has 0 saturated carbocycles. The second-order valence-electron chi connectivity index (χ2n) is 13.9. The van der Waals surface area contributed by atoms with E-state index in [9.17, 15) is 14.3 Å². The van der Waals surface area contributed by atoms with Gasteiger partial charge in [-0.1, -0.05) is 135 Å². The number of nitrogens with zero attached hydrogens (tertiary/aromatic N) is 1. The van der Waals surface area contributed by atoms with E-state index >= 15 is 0 Å². The molecular formula is C46H74NO7P. The summed E-state index contributed by atoms with van der Waals surface area (Å²) in [6, 6.07) is 0. The van der Waals surface area contributed by atoms with E-state index in [-0.39, 0.29) is 26.2 Å². The lowest BCUT2D eigenvalue weighted by molar-refractivity contribution is -0.870. The van der Waals surface area contributed by atoms with Crippen LogP contribution in [0.4, 0.5) is 0 Å². The zero-order valence-corrected chi connectivity index (χ0v) is 35.7. The molecule has 8 nitrogen and oxygen atoms in total. The number of esters is 1. The Hall–Kier alpha value is -3.10. The first kappa shape index (κ1) is 51.9. The van der Waals surface area contributed by atoms with Gasteiger partial charge in [0.2, 0.25) is 0 Å². The Morgan fingerprint density at radius 2 is 0.964 bits per heavy atom. The maximum atomic E-state index is 12.6. The molecule has 0 aromatic rings. The number of quaternary nitrogens is 1. The average Bonchev–Trinajstić information content (AvgIpc) is 3.13. The molecule has 0 aliphatic carbocycles. The minimum atomic E-state index is -4.57. The lowest BCUT2D eigenvalue weighted by Crippen LogP contribution is -2.37. The Morgan fingerprint density at radius 1 is 0.564 bits per heavy atom. The van der Waals surface area contributed by atoms with Gasteiger partial charge in [0, 0.05) is 13.0 Å². The molecule has 0 aliphatic rings. The highest BCUT2D eigenvalue weighted by Crippen LogP contribution is 2.38. The van der Waals surface area contributed by atoms with Crippen LogP contribution >= 0.6 is 7.82 Å². The van der Waals surface area contributed by atoms with Crippen molar-refractivity contribution in [1.29, 1.82) is 0 Å². The van der Waals surface area contributed by atoms with Crippen molar-refractivity contribution in [3.8, 4) is 0 Å². The van der Waals surface area contributed by atoms with Crippen LogP contribution < -0.4 is 4.89 Å². The van der Waals surface area contributed by atoms with E-state index in [0.29, 0.717) is 24.1 Å². The lowest BCUT2D eigenvalue weighted by Gasteiger charge is -2.28. The summed E-state index contributed by atoms with van der Waals surface area (Å²) in [6.45, 7) is 4.86. The molecule has 2 atom stereocenters. The number of phosphoric ester groups is 1. The molecule has 0 rings (SSSR count). The largest absolute Gasteiger partial charge is 0.756 e. The van der Waals surface area contributed by atoms with Crippen LogP contribution in [-0.4, -0.2) is 70.7 Å². The van der Waals surface area contributed by atoms with Gasteiger partial charge in [0.15, 0.2) is 0 Å². The van der Waals surface area contributed by atoms with Crippen molar-refractivity contribution in [3.05, 3.63) is 122 Å². The van der Waals surface area contributed by atoms with Gasteiger partial charge in [-0.05, 0) is 83.5 Å². The first-order valence-electron chi connectivity index (χ1n) is 20.3. The minimum absolute atomic E-state index is 0.00526. The summed E-state index contributed by atoms with van der Waals surface area (Å²) in [5, 5.41) is 0. The van der Waals surface area contributed by atoms with Crippen molar-refractivity contribution in [2.75, 3.05) is 54.1 Å². The number of phosphoric acid groups is 1. The highest BCUT2D eigenvalue weighted by atomic mass is 31.2. The summed E-state index contributed by atoms with van der Waals surface area (Å²) in [5.74, 6) is -0.440. The first-order chi connectivity index (χ1) is 26.6. The summed E-state index contributed by atoms with van der Waals surface area (Å²) in [5.41, 5.74) is 0. The van der Waals surface area contributed by atoms with E-state index in [1.165, 1.54) is 0 Å². The Balaban J connectivity index is 4.50. The van der Waals surface area contributed by atoms with Crippen LogP contribution in [0.3, 0.4) is 0 Å². The lowest BCUT2D eigenvalue weighted by atomic mass is 10.2. The summed E-state index contributed by atoms with van der Waals surface area (Å²) in [6.07, 6.45) is 53.9. The highest BCUT2D eigenvalue weighted by Gasteiger charge is 2.20. The molecule has 0 heterocycles. The zero-order chi connectivity index (χ0) is 40.6. The number of rotatable bonds is 35. The van der Waals surface area contributed by atoms with E-state index in [4.69, 9.17) is 18.5 Å². The number of ether oxygens (including phenoxy) is 2. The fourth-order valence-electron chi connectivity index (χ4n) is 4.46. The van der Waals surface area contributed by atoms with Gasteiger partial charge in [0.05, 0.1) is 34.4 Å².